The Morgan fingerprint density at radius 2 is 1.59 bits per heavy atom. The van der Waals surface area contributed by atoms with Crippen LogP contribution in [0.4, 0.5) is 11.4 Å². The lowest BCUT2D eigenvalue weighted by atomic mass is 10.2. The maximum absolute atomic E-state index is 6.00. The Labute approximate surface area is 194 Å². The number of hydrogen-bond donors (Lipinski definition) is 1. The first-order chi connectivity index (χ1) is 15.7. The van der Waals surface area contributed by atoms with Crippen molar-refractivity contribution in [3.8, 4) is 11.5 Å². The third-order valence-corrected chi connectivity index (χ3v) is 5.61. The molecular weight excluding hydrogens is 424 g/mol. The van der Waals surface area contributed by atoms with Crippen LogP contribution < -0.4 is 19.7 Å². The first-order valence-corrected chi connectivity index (χ1v) is 11.4. The largest absolute Gasteiger partial charge is 0.490 e. The van der Waals surface area contributed by atoms with Gasteiger partial charge in [0, 0.05) is 36.0 Å². The van der Waals surface area contributed by atoms with E-state index in [1.807, 2.05) is 43.3 Å². The molecule has 0 unspecified atom stereocenters. The monoisotopic (exact) mass is 452 g/mol. The fraction of sp³-hybridized carbons (Fsp3) is 0.308. The molecule has 1 fully saturated rings. The van der Waals surface area contributed by atoms with E-state index in [-0.39, 0.29) is 0 Å². The van der Waals surface area contributed by atoms with Crippen LogP contribution in [0.15, 0.2) is 66.7 Å². The number of nitrogens with zero attached hydrogens (tertiary/aromatic N) is 1. The molecule has 1 N–H and O–H groups in total. The second kappa shape index (κ2) is 11.1. The van der Waals surface area contributed by atoms with Gasteiger partial charge in [-0.3, -0.25) is 0 Å². The Hall–Kier alpha value is -2.89. The van der Waals surface area contributed by atoms with E-state index in [2.05, 4.69) is 40.5 Å². The molecule has 32 heavy (non-hydrogen) atoms. The summed E-state index contributed by atoms with van der Waals surface area (Å²) in [5.41, 5.74) is 4.51. The summed E-state index contributed by atoms with van der Waals surface area (Å²) < 4.78 is 17.3. The van der Waals surface area contributed by atoms with Crippen LogP contribution in [-0.4, -0.2) is 32.9 Å². The summed E-state index contributed by atoms with van der Waals surface area (Å²) in [6.45, 7) is 7.20. The van der Waals surface area contributed by atoms with E-state index in [0.29, 0.717) is 19.8 Å². The maximum atomic E-state index is 6.00. The Morgan fingerprint density at radius 1 is 0.875 bits per heavy atom. The Morgan fingerprint density at radius 3 is 2.31 bits per heavy atom. The zero-order chi connectivity index (χ0) is 22.2. The number of rotatable bonds is 9. The van der Waals surface area contributed by atoms with Gasteiger partial charge in [-0.1, -0.05) is 29.8 Å². The molecule has 1 heterocycles. The minimum atomic E-state index is 0.463. The Balaban J connectivity index is 1.35. The van der Waals surface area contributed by atoms with E-state index in [1.54, 1.807) is 0 Å². The van der Waals surface area contributed by atoms with Crippen molar-refractivity contribution in [2.75, 3.05) is 43.1 Å². The molecule has 0 aliphatic carbocycles. The van der Waals surface area contributed by atoms with Crippen LogP contribution in [0.1, 0.15) is 18.1 Å². The van der Waals surface area contributed by atoms with Crippen molar-refractivity contribution in [2.45, 2.75) is 20.1 Å². The van der Waals surface area contributed by atoms with Gasteiger partial charge in [-0.05, 0) is 66.6 Å². The molecule has 168 valence electrons. The molecule has 0 atom stereocenters. The van der Waals surface area contributed by atoms with Crippen molar-refractivity contribution in [3.63, 3.8) is 0 Å². The van der Waals surface area contributed by atoms with Crippen LogP contribution in [-0.2, 0) is 17.9 Å². The van der Waals surface area contributed by atoms with Crippen LogP contribution in [0.3, 0.4) is 0 Å². The van der Waals surface area contributed by atoms with Crippen LogP contribution in [0.2, 0.25) is 5.02 Å². The lowest BCUT2D eigenvalue weighted by Gasteiger charge is -2.29. The molecule has 1 aliphatic heterocycles. The minimum absolute atomic E-state index is 0.463. The first kappa shape index (κ1) is 22.3. The van der Waals surface area contributed by atoms with Crippen molar-refractivity contribution in [1.82, 2.24) is 0 Å². The normalized spacial score (nSPS) is 13.6. The molecule has 4 rings (SSSR count). The van der Waals surface area contributed by atoms with Gasteiger partial charge in [-0.2, -0.15) is 0 Å². The molecule has 6 heteroatoms. The lowest BCUT2D eigenvalue weighted by Crippen LogP contribution is -2.36. The van der Waals surface area contributed by atoms with Crippen LogP contribution >= 0.6 is 11.6 Å². The van der Waals surface area contributed by atoms with Crippen molar-refractivity contribution in [2.24, 2.45) is 0 Å². The first-order valence-electron chi connectivity index (χ1n) is 11.0. The summed E-state index contributed by atoms with van der Waals surface area (Å²) >= 11 is 5.96. The molecule has 5 nitrogen and oxygen atoms in total. The van der Waals surface area contributed by atoms with Crippen molar-refractivity contribution < 1.29 is 14.2 Å². The molecule has 0 saturated carbocycles. The average Bonchev–Trinajstić information content (AvgIpc) is 2.84. The highest BCUT2D eigenvalue weighted by Crippen LogP contribution is 2.30. The van der Waals surface area contributed by atoms with Gasteiger partial charge in [0.05, 0.1) is 19.8 Å². The second-order valence-corrected chi connectivity index (χ2v) is 8.07. The highest BCUT2D eigenvalue weighted by atomic mass is 35.5. The van der Waals surface area contributed by atoms with Gasteiger partial charge in [0.2, 0.25) is 0 Å². The third-order valence-electron chi connectivity index (χ3n) is 5.36. The predicted octanol–water partition coefficient (Wildman–Crippen LogP) is 5.77. The smallest absolute Gasteiger partial charge is 0.161 e. The number of hydrogen-bond acceptors (Lipinski definition) is 5. The molecule has 3 aromatic rings. The molecule has 1 saturated heterocycles. The summed E-state index contributed by atoms with van der Waals surface area (Å²) in [5, 5.41) is 4.21. The molecule has 0 radical (unpaired) electrons. The Bertz CT molecular complexity index is 987. The topological polar surface area (TPSA) is 43.0 Å². The highest BCUT2D eigenvalue weighted by molar-refractivity contribution is 6.30. The average molecular weight is 453 g/mol. The van der Waals surface area contributed by atoms with E-state index in [9.17, 15) is 0 Å². The van der Waals surface area contributed by atoms with E-state index in [0.717, 1.165) is 59.6 Å². The van der Waals surface area contributed by atoms with E-state index in [4.69, 9.17) is 25.8 Å². The van der Waals surface area contributed by atoms with Gasteiger partial charge in [0.1, 0.15) is 6.61 Å². The van der Waals surface area contributed by atoms with Gasteiger partial charge in [-0.15, -0.1) is 0 Å². The van der Waals surface area contributed by atoms with Crippen LogP contribution in [0.25, 0.3) is 0 Å². The molecule has 0 aromatic heterocycles. The molecule has 3 aromatic carbocycles. The molecule has 0 spiro atoms. The second-order valence-electron chi connectivity index (χ2n) is 7.63. The lowest BCUT2D eigenvalue weighted by molar-refractivity contribution is 0.122. The van der Waals surface area contributed by atoms with Gasteiger partial charge in [0.25, 0.3) is 0 Å². The number of halogens is 1. The molecule has 1 aliphatic rings. The quantitative estimate of drug-likeness (QED) is 0.446. The van der Waals surface area contributed by atoms with Crippen LogP contribution in [0.5, 0.6) is 11.5 Å². The van der Waals surface area contributed by atoms with Crippen LogP contribution in [0, 0.1) is 0 Å². The van der Waals surface area contributed by atoms with Crippen molar-refractivity contribution in [1.29, 1.82) is 0 Å². The number of benzene rings is 3. The van der Waals surface area contributed by atoms with Crippen molar-refractivity contribution in [3.05, 3.63) is 82.9 Å². The number of anilines is 2. The minimum Gasteiger partial charge on any atom is -0.490 e. The summed E-state index contributed by atoms with van der Waals surface area (Å²) in [7, 11) is 0. The SMILES string of the molecule is CCOc1cc(CNc2ccc(N3CCOCC3)cc2)ccc1OCc1ccc(Cl)cc1. The maximum Gasteiger partial charge on any atom is 0.161 e. The summed E-state index contributed by atoms with van der Waals surface area (Å²) in [4.78, 5) is 2.35. The molecule has 0 bridgehead atoms. The fourth-order valence-electron chi connectivity index (χ4n) is 3.61. The highest BCUT2D eigenvalue weighted by Gasteiger charge is 2.11. The summed E-state index contributed by atoms with van der Waals surface area (Å²) in [6.07, 6.45) is 0. The Kier molecular flexibility index (Phi) is 7.75. The predicted molar refractivity (Wildman–Crippen MR) is 130 cm³/mol. The number of nitrogens with one attached hydrogen (secondary N) is 1. The summed E-state index contributed by atoms with van der Waals surface area (Å²) in [5.74, 6) is 1.49. The van der Waals surface area contributed by atoms with E-state index < -0.39 is 0 Å². The van der Waals surface area contributed by atoms with Gasteiger partial charge in [-0.25, -0.2) is 0 Å². The number of ether oxygens (including phenoxy) is 3. The van der Waals surface area contributed by atoms with Gasteiger partial charge in [0.15, 0.2) is 11.5 Å². The zero-order valence-corrected chi connectivity index (χ0v) is 19.1. The fourth-order valence-corrected chi connectivity index (χ4v) is 3.73. The number of morpholine rings is 1. The zero-order valence-electron chi connectivity index (χ0n) is 18.4. The van der Waals surface area contributed by atoms with Gasteiger partial charge < -0.3 is 24.4 Å². The van der Waals surface area contributed by atoms with Gasteiger partial charge >= 0.3 is 0 Å². The standard InChI is InChI=1S/C26H29ClN2O3/c1-2-31-26-17-21(5-12-25(26)32-19-20-3-6-22(27)7-4-20)18-28-23-8-10-24(11-9-23)29-13-15-30-16-14-29/h3-12,17,28H,2,13-16,18-19H2,1H3. The molecule has 0 amide bonds. The molecular formula is C26H29ClN2O3. The summed E-state index contributed by atoms with van der Waals surface area (Å²) in [6, 6.07) is 22.3. The van der Waals surface area contributed by atoms with E-state index in [1.165, 1.54) is 5.69 Å². The van der Waals surface area contributed by atoms with E-state index >= 15 is 0 Å². The van der Waals surface area contributed by atoms with Crippen molar-refractivity contribution >= 4 is 23.0 Å². The third kappa shape index (κ3) is 6.09.